The van der Waals surface area contributed by atoms with Crippen LogP contribution in [0.3, 0.4) is 0 Å². The summed E-state index contributed by atoms with van der Waals surface area (Å²) in [7, 11) is 0. The maximum absolute atomic E-state index is 12.5. The molecular weight excluding hydrogens is 242 g/mol. The number of nitrogens with two attached hydrogens (primary N) is 1. The number of hydrogen-bond acceptors (Lipinski definition) is 3. The van der Waals surface area contributed by atoms with Crippen molar-refractivity contribution in [2.24, 2.45) is 23.5 Å². The molecule has 2 aliphatic rings. The fourth-order valence-corrected chi connectivity index (χ4v) is 3.20. The second-order valence-electron chi connectivity index (χ2n) is 6.13. The van der Waals surface area contributed by atoms with E-state index in [1.807, 2.05) is 18.7 Å². The molecule has 2 aliphatic heterocycles. The zero-order valence-corrected chi connectivity index (χ0v) is 11.9. The predicted molar refractivity (Wildman–Crippen MR) is 73.2 cm³/mol. The monoisotopic (exact) mass is 267 g/mol. The number of piperidine rings is 2. The highest BCUT2D eigenvalue weighted by Crippen LogP contribution is 2.27. The van der Waals surface area contributed by atoms with E-state index >= 15 is 0 Å². The summed E-state index contributed by atoms with van der Waals surface area (Å²) in [5.74, 6) is 0.966. The third-order valence-electron chi connectivity index (χ3n) is 4.51. The van der Waals surface area contributed by atoms with E-state index in [1.54, 1.807) is 0 Å². The summed E-state index contributed by atoms with van der Waals surface area (Å²) in [5, 5.41) is 3.04. The minimum absolute atomic E-state index is 0.0743. The molecule has 0 radical (unpaired) electrons. The minimum Gasteiger partial charge on any atom is -0.353 e. The fourth-order valence-electron chi connectivity index (χ4n) is 3.20. The predicted octanol–water partition coefficient (Wildman–Crippen LogP) is 0.344. The maximum Gasteiger partial charge on any atom is 0.227 e. The summed E-state index contributed by atoms with van der Waals surface area (Å²) in [6.45, 7) is 6.01. The largest absolute Gasteiger partial charge is 0.353 e. The molecule has 0 spiro atoms. The van der Waals surface area contributed by atoms with Gasteiger partial charge in [0.1, 0.15) is 0 Å². The lowest BCUT2D eigenvalue weighted by atomic mass is 9.84. The van der Waals surface area contributed by atoms with Gasteiger partial charge < -0.3 is 16.0 Å². The quantitative estimate of drug-likeness (QED) is 0.774. The molecule has 2 saturated heterocycles. The normalized spacial score (nSPS) is 28.8. The van der Waals surface area contributed by atoms with Gasteiger partial charge in [0, 0.05) is 32.1 Å². The van der Waals surface area contributed by atoms with Gasteiger partial charge in [-0.15, -0.1) is 0 Å². The second-order valence-corrected chi connectivity index (χ2v) is 6.13. The van der Waals surface area contributed by atoms with Gasteiger partial charge in [-0.05, 0) is 24.7 Å². The van der Waals surface area contributed by atoms with Crippen LogP contribution in [0.1, 0.15) is 33.1 Å². The van der Waals surface area contributed by atoms with Crippen LogP contribution in [-0.4, -0.2) is 42.4 Å². The summed E-state index contributed by atoms with van der Waals surface area (Å²) in [6.07, 6.45) is 2.36. The van der Waals surface area contributed by atoms with Crippen LogP contribution < -0.4 is 11.1 Å². The van der Waals surface area contributed by atoms with Crippen LogP contribution in [0.15, 0.2) is 0 Å². The van der Waals surface area contributed by atoms with Crippen LogP contribution >= 0.6 is 0 Å². The number of nitrogens with one attached hydrogen (secondary N) is 1. The van der Waals surface area contributed by atoms with Gasteiger partial charge in [-0.1, -0.05) is 13.8 Å². The topological polar surface area (TPSA) is 75.4 Å². The molecule has 2 amide bonds. The zero-order chi connectivity index (χ0) is 14.0. The average molecular weight is 267 g/mol. The van der Waals surface area contributed by atoms with E-state index in [0.29, 0.717) is 18.9 Å². The number of hydrogen-bond donors (Lipinski definition) is 2. The number of rotatable bonds is 3. The van der Waals surface area contributed by atoms with Gasteiger partial charge in [0.15, 0.2) is 0 Å². The fraction of sp³-hybridized carbons (Fsp3) is 0.857. The lowest BCUT2D eigenvalue weighted by Gasteiger charge is -2.42. The Morgan fingerprint density at radius 2 is 2.21 bits per heavy atom. The highest BCUT2D eigenvalue weighted by molar-refractivity contribution is 5.80. The standard InChI is InChI=1S/C14H25N3O2/c1-9(2)11(7-15)14(19)17-6-5-12-10(8-17)3-4-13(18)16-12/h9-12H,3-8,15H2,1-2H3,(H,16,18). The summed E-state index contributed by atoms with van der Waals surface area (Å²) in [5.41, 5.74) is 5.73. The molecule has 3 atom stereocenters. The SMILES string of the molecule is CC(C)C(CN)C(=O)N1CCC2NC(=O)CCC2C1. The molecule has 0 aliphatic carbocycles. The minimum atomic E-state index is -0.0743. The molecule has 5 nitrogen and oxygen atoms in total. The van der Waals surface area contributed by atoms with Gasteiger partial charge in [-0.2, -0.15) is 0 Å². The van der Waals surface area contributed by atoms with Crippen LogP contribution in [0, 0.1) is 17.8 Å². The lowest BCUT2D eigenvalue weighted by molar-refractivity contribution is -0.139. The number of likely N-dealkylation sites (tertiary alicyclic amines) is 1. The molecule has 2 heterocycles. The summed E-state index contributed by atoms with van der Waals surface area (Å²) in [6, 6.07) is 0.265. The van der Waals surface area contributed by atoms with E-state index < -0.39 is 0 Å². The third kappa shape index (κ3) is 3.08. The Morgan fingerprint density at radius 1 is 1.47 bits per heavy atom. The first kappa shape index (κ1) is 14.3. The van der Waals surface area contributed by atoms with Crippen LogP contribution in [0.25, 0.3) is 0 Å². The Balaban J connectivity index is 1.97. The van der Waals surface area contributed by atoms with Crippen LogP contribution in [0.4, 0.5) is 0 Å². The molecule has 2 rings (SSSR count). The Hall–Kier alpha value is -1.10. The van der Waals surface area contributed by atoms with Gasteiger partial charge in [0.25, 0.3) is 0 Å². The van der Waals surface area contributed by atoms with Crippen molar-refractivity contribution in [3.63, 3.8) is 0 Å². The van der Waals surface area contributed by atoms with Crippen molar-refractivity contribution < 1.29 is 9.59 Å². The van der Waals surface area contributed by atoms with E-state index in [-0.39, 0.29) is 29.7 Å². The van der Waals surface area contributed by atoms with Crippen LogP contribution in [0.2, 0.25) is 0 Å². The summed E-state index contributed by atoms with van der Waals surface area (Å²) < 4.78 is 0. The smallest absolute Gasteiger partial charge is 0.227 e. The first-order valence-electron chi connectivity index (χ1n) is 7.31. The van der Waals surface area contributed by atoms with Gasteiger partial charge in [-0.25, -0.2) is 0 Å². The van der Waals surface area contributed by atoms with E-state index in [1.165, 1.54) is 0 Å². The van der Waals surface area contributed by atoms with Gasteiger partial charge >= 0.3 is 0 Å². The molecule has 2 fully saturated rings. The first-order valence-corrected chi connectivity index (χ1v) is 7.31. The number of carbonyl (C=O) groups excluding carboxylic acids is 2. The Labute approximate surface area is 114 Å². The van der Waals surface area contributed by atoms with Crippen molar-refractivity contribution in [3.8, 4) is 0 Å². The first-order chi connectivity index (χ1) is 9.02. The molecule has 0 saturated carbocycles. The molecule has 0 aromatic rings. The number of fused-ring (bicyclic) bond motifs is 1. The molecule has 108 valence electrons. The van der Waals surface area contributed by atoms with Gasteiger partial charge in [0.05, 0.1) is 5.92 Å². The highest BCUT2D eigenvalue weighted by atomic mass is 16.2. The third-order valence-corrected chi connectivity index (χ3v) is 4.51. The molecule has 5 heteroatoms. The summed E-state index contributed by atoms with van der Waals surface area (Å²) in [4.78, 5) is 25.8. The van der Waals surface area contributed by atoms with E-state index in [4.69, 9.17) is 5.73 Å². The van der Waals surface area contributed by atoms with Crippen molar-refractivity contribution in [2.75, 3.05) is 19.6 Å². The van der Waals surface area contributed by atoms with E-state index in [9.17, 15) is 9.59 Å². The van der Waals surface area contributed by atoms with Crippen LogP contribution in [0.5, 0.6) is 0 Å². The van der Waals surface area contributed by atoms with Crippen molar-refractivity contribution in [1.29, 1.82) is 0 Å². The molecule has 0 aromatic carbocycles. The van der Waals surface area contributed by atoms with Gasteiger partial charge in [-0.3, -0.25) is 9.59 Å². The van der Waals surface area contributed by atoms with E-state index in [2.05, 4.69) is 5.32 Å². The van der Waals surface area contributed by atoms with Crippen LogP contribution in [-0.2, 0) is 9.59 Å². The maximum atomic E-state index is 12.5. The highest BCUT2D eigenvalue weighted by Gasteiger charge is 2.37. The molecule has 0 bridgehead atoms. The molecule has 0 aromatic heterocycles. The molecular formula is C14H25N3O2. The van der Waals surface area contributed by atoms with Gasteiger partial charge in [0.2, 0.25) is 11.8 Å². The Morgan fingerprint density at radius 3 is 2.84 bits per heavy atom. The van der Waals surface area contributed by atoms with Crippen molar-refractivity contribution >= 4 is 11.8 Å². The lowest BCUT2D eigenvalue weighted by Crippen LogP contribution is -2.56. The summed E-state index contributed by atoms with van der Waals surface area (Å²) >= 11 is 0. The average Bonchev–Trinajstić information content (AvgIpc) is 2.38. The number of nitrogens with zero attached hydrogens (tertiary/aromatic N) is 1. The molecule has 3 N–H and O–H groups in total. The Kier molecular flexibility index (Phi) is 4.45. The zero-order valence-electron chi connectivity index (χ0n) is 11.9. The number of carbonyl (C=O) groups is 2. The number of amides is 2. The molecule has 19 heavy (non-hydrogen) atoms. The van der Waals surface area contributed by atoms with Crippen molar-refractivity contribution in [1.82, 2.24) is 10.2 Å². The van der Waals surface area contributed by atoms with Crippen molar-refractivity contribution in [2.45, 2.75) is 39.2 Å². The van der Waals surface area contributed by atoms with E-state index in [0.717, 1.165) is 25.9 Å². The second kappa shape index (κ2) is 5.90. The Bertz CT molecular complexity index is 357. The van der Waals surface area contributed by atoms with Crippen molar-refractivity contribution in [3.05, 3.63) is 0 Å². The molecule has 3 unspecified atom stereocenters.